The van der Waals surface area contributed by atoms with Crippen molar-refractivity contribution < 1.29 is 14.3 Å². The number of carbonyl (C=O) groups excluding carboxylic acids is 2. The Morgan fingerprint density at radius 2 is 1.73 bits per heavy atom. The third kappa shape index (κ3) is 4.98. The predicted octanol–water partition coefficient (Wildman–Crippen LogP) is 6.82. The van der Waals surface area contributed by atoms with Crippen molar-refractivity contribution in [2.75, 3.05) is 13.2 Å². The molecule has 0 saturated carbocycles. The van der Waals surface area contributed by atoms with E-state index in [1.807, 2.05) is 45.0 Å². The van der Waals surface area contributed by atoms with Crippen LogP contribution in [0.4, 0.5) is 4.79 Å². The number of carbonyl (C=O) groups is 2. The molecule has 3 aromatic rings. The Hall–Kier alpha value is -2.67. The zero-order valence-corrected chi connectivity index (χ0v) is 20.7. The molecule has 2 aromatic carbocycles. The van der Waals surface area contributed by atoms with Gasteiger partial charge in [-0.05, 0) is 92.2 Å². The number of benzene rings is 2. The van der Waals surface area contributed by atoms with E-state index in [0.29, 0.717) is 20.7 Å². The molecule has 4 rings (SSSR count). The largest absolute Gasteiger partial charge is 0.492 e. The number of imide groups is 1. The first-order valence-corrected chi connectivity index (χ1v) is 11.9. The van der Waals surface area contributed by atoms with E-state index in [2.05, 4.69) is 4.57 Å². The lowest BCUT2D eigenvalue weighted by atomic mass is 10.2. The second-order valence-corrected chi connectivity index (χ2v) is 9.57. The lowest BCUT2D eigenvalue weighted by Gasteiger charge is -2.13. The van der Waals surface area contributed by atoms with Gasteiger partial charge in [0, 0.05) is 27.1 Å². The minimum absolute atomic E-state index is 0.172. The molecule has 5 nitrogen and oxygen atoms in total. The molecule has 0 spiro atoms. The highest BCUT2D eigenvalue weighted by Gasteiger charge is 2.35. The molecule has 1 aliphatic heterocycles. The summed E-state index contributed by atoms with van der Waals surface area (Å²) in [6, 6.07) is 14.9. The number of thioether (sulfide) groups is 1. The molecule has 0 unspecified atom stereocenters. The standard InChI is InChI=1S/C25H22Cl2N2O3S/c1-15-4-7-20(14-22(15)27)29-16(2)12-18(17(29)3)13-23-24(30)28(25(31)33-23)10-11-32-21-8-5-19(26)6-9-21/h4-9,12-14H,10-11H2,1-3H3/b23-13-. The summed E-state index contributed by atoms with van der Waals surface area (Å²) >= 11 is 13.1. The Balaban J connectivity index is 1.50. The minimum Gasteiger partial charge on any atom is -0.492 e. The highest BCUT2D eigenvalue weighted by molar-refractivity contribution is 8.18. The summed E-state index contributed by atoms with van der Waals surface area (Å²) in [4.78, 5) is 26.9. The fourth-order valence-electron chi connectivity index (χ4n) is 3.67. The Morgan fingerprint density at radius 3 is 2.42 bits per heavy atom. The number of aromatic nitrogens is 1. The number of nitrogens with zero attached hydrogens (tertiary/aromatic N) is 2. The molecular formula is C25H22Cl2N2O3S. The van der Waals surface area contributed by atoms with Gasteiger partial charge in [0.2, 0.25) is 0 Å². The summed E-state index contributed by atoms with van der Waals surface area (Å²) in [6.07, 6.45) is 1.78. The van der Waals surface area contributed by atoms with Crippen LogP contribution in [0.15, 0.2) is 53.4 Å². The van der Waals surface area contributed by atoms with Gasteiger partial charge in [0.15, 0.2) is 0 Å². The van der Waals surface area contributed by atoms with Crippen molar-refractivity contribution in [3.63, 3.8) is 0 Å². The predicted molar refractivity (Wildman–Crippen MR) is 135 cm³/mol. The lowest BCUT2D eigenvalue weighted by molar-refractivity contribution is -0.123. The SMILES string of the molecule is Cc1ccc(-n2c(C)cc(/C=C3\SC(=O)N(CCOc4ccc(Cl)cc4)C3=O)c2C)cc1Cl. The van der Waals surface area contributed by atoms with E-state index in [1.165, 1.54) is 4.90 Å². The topological polar surface area (TPSA) is 51.5 Å². The van der Waals surface area contributed by atoms with E-state index in [0.717, 1.165) is 40.0 Å². The molecule has 0 aliphatic carbocycles. The van der Waals surface area contributed by atoms with Gasteiger partial charge in [0.1, 0.15) is 12.4 Å². The highest BCUT2D eigenvalue weighted by atomic mass is 35.5. The van der Waals surface area contributed by atoms with E-state index in [1.54, 1.807) is 30.3 Å². The first kappa shape index (κ1) is 23.5. The second kappa shape index (κ2) is 9.67. The Morgan fingerprint density at radius 1 is 1.00 bits per heavy atom. The van der Waals surface area contributed by atoms with Crippen molar-refractivity contribution in [2.45, 2.75) is 20.8 Å². The molecule has 2 amide bonds. The number of rotatable bonds is 6. The van der Waals surface area contributed by atoms with Crippen molar-refractivity contribution in [2.24, 2.45) is 0 Å². The minimum atomic E-state index is -0.312. The number of amides is 2. The quantitative estimate of drug-likeness (QED) is 0.348. The normalized spacial score (nSPS) is 15.1. The van der Waals surface area contributed by atoms with Crippen LogP contribution in [-0.2, 0) is 4.79 Å². The van der Waals surface area contributed by atoms with Crippen LogP contribution >= 0.6 is 35.0 Å². The van der Waals surface area contributed by atoms with Gasteiger partial charge in [-0.2, -0.15) is 0 Å². The van der Waals surface area contributed by atoms with E-state index in [4.69, 9.17) is 27.9 Å². The zero-order valence-electron chi connectivity index (χ0n) is 18.4. The number of halogens is 2. The molecule has 1 saturated heterocycles. The molecule has 0 N–H and O–H groups in total. The van der Waals surface area contributed by atoms with E-state index >= 15 is 0 Å². The molecule has 8 heteroatoms. The Labute approximate surface area is 206 Å². The Bertz CT molecular complexity index is 1270. The maximum atomic E-state index is 12.9. The van der Waals surface area contributed by atoms with Crippen LogP contribution in [0.1, 0.15) is 22.5 Å². The maximum absolute atomic E-state index is 12.9. The molecule has 170 valence electrons. The molecule has 1 aromatic heterocycles. The van der Waals surface area contributed by atoms with Gasteiger partial charge in [-0.1, -0.05) is 29.3 Å². The second-order valence-electron chi connectivity index (χ2n) is 7.73. The van der Waals surface area contributed by atoms with Crippen LogP contribution < -0.4 is 4.74 Å². The van der Waals surface area contributed by atoms with E-state index in [9.17, 15) is 9.59 Å². The third-order valence-corrected chi connectivity index (χ3v) is 7.01. The number of ether oxygens (including phenoxy) is 1. The van der Waals surface area contributed by atoms with Crippen LogP contribution in [0.2, 0.25) is 10.0 Å². The molecule has 0 radical (unpaired) electrons. The van der Waals surface area contributed by atoms with Crippen molar-refractivity contribution >= 4 is 52.2 Å². The number of aryl methyl sites for hydroxylation is 2. The summed E-state index contributed by atoms with van der Waals surface area (Å²) in [5, 5.41) is 1.01. The first-order valence-electron chi connectivity index (χ1n) is 10.3. The summed E-state index contributed by atoms with van der Waals surface area (Å²) in [5.74, 6) is 0.318. The summed E-state index contributed by atoms with van der Waals surface area (Å²) < 4.78 is 7.72. The molecule has 0 atom stereocenters. The lowest BCUT2D eigenvalue weighted by Crippen LogP contribution is -2.32. The van der Waals surface area contributed by atoms with Crippen molar-refractivity contribution in [3.05, 3.63) is 86.0 Å². The van der Waals surface area contributed by atoms with Crippen LogP contribution in [0, 0.1) is 20.8 Å². The maximum Gasteiger partial charge on any atom is 0.293 e. The van der Waals surface area contributed by atoms with Crippen molar-refractivity contribution in [1.82, 2.24) is 9.47 Å². The number of hydrogen-bond donors (Lipinski definition) is 0. The average molecular weight is 501 g/mol. The Kier molecular flexibility index (Phi) is 6.88. The van der Waals surface area contributed by atoms with Gasteiger partial charge in [0.25, 0.3) is 11.1 Å². The van der Waals surface area contributed by atoms with Crippen molar-refractivity contribution in [3.8, 4) is 11.4 Å². The van der Waals surface area contributed by atoms with Gasteiger partial charge >= 0.3 is 0 Å². The molecule has 1 aliphatic rings. The summed E-state index contributed by atoms with van der Waals surface area (Å²) in [6.45, 7) is 6.32. The number of hydrogen-bond acceptors (Lipinski definition) is 4. The molecule has 33 heavy (non-hydrogen) atoms. The van der Waals surface area contributed by atoms with Gasteiger partial charge < -0.3 is 9.30 Å². The van der Waals surface area contributed by atoms with Crippen LogP contribution in [0.3, 0.4) is 0 Å². The van der Waals surface area contributed by atoms with E-state index < -0.39 is 0 Å². The molecule has 1 fully saturated rings. The fraction of sp³-hybridized carbons (Fsp3) is 0.200. The zero-order chi connectivity index (χ0) is 23.7. The average Bonchev–Trinajstić information content (AvgIpc) is 3.20. The third-order valence-electron chi connectivity index (χ3n) is 5.44. The van der Waals surface area contributed by atoms with Gasteiger partial charge in [-0.25, -0.2) is 0 Å². The van der Waals surface area contributed by atoms with Crippen LogP contribution in [0.25, 0.3) is 11.8 Å². The molecular weight excluding hydrogens is 479 g/mol. The summed E-state index contributed by atoms with van der Waals surface area (Å²) in [5.41, 5.74) is 4.82. The molecule has 2 heterocycles. The van der Waals surface area contributed by atoms with Crippen LogP contribution in [0.5, 0.6) is 5.75 Å². The van der Waals surface area contributed by atoms with Crippen LogP contribution in [-0.4, -0.2) is 33.8 Å². The first-order chi connectivity index (χ1) is 15.7. The fourth-order valence-corrected chi connectivity index (χ4v) is 4.83. The van der Waals surface area contributed by atoms with E-state index in [-0.39, 0.29) is 24.3 Å². The highest BCUT2D eigenvalue weighted by Crippen LogP contribution is 2.34. The van der Waals surface area contributed by atoms with Gasteiger partial charge in [0.05, 0.1) is 11.4 Å². The summed E-state index contributed by atoms with van der Waals surface area (Å²) in [7, 11) is 0. The molecule has 0 bridgehead atoms. The van der Waals surface area contributed by atoms with Gasteiger partial charge in [-0.3, -0.25) is 14.5 Å². The van der Waals surface area contributed by atoms with Gasteiger partial charge in [-0.15, -0.1) is 0 Å². The van der Waals surface area contributed by atoms with Crippen molar-refractivity contribution in [1.29, 1.82) is 0 Å². The smallest absolute Gasteiger partial charge is 0.293 e. The monoisotopic (exact) mass is 500 g/mol.